The normalized spacial score (nSPS) is 10.0. The zero-order valence-corrected chi connectivity index (χ0v) is 14.2. The molecule has 0 fully saturated rings. The standard InChI is InChI=1S/C18H16ClNO5/c1-24-18(23)13-8-6-12(7-9-13)11-25-16(21)10-20-17(22)14-4-2-3-5-15(14)19/h2-9H,10-11H2,1H3,(H,20,22). The van der Waals surface area contributed by atoms with Crippen LogP contribution < -0.4 is 5.32 Å². The number of nitrogens with one attached hydrogen (secondary N) is 1. The van der Waals surface area contributed by atoms with Gasteiger partial charge in [-0.3, -0.25) is 9.59 Å². The molecule has 130 valence electrons. The lowest BCUT2D eigenvalue weighted by atomic mass is 10.1. The van der Waals surface area contributed by atoms with Gasteiger partial charge in [0.15, 0.2) is 0 Å². The van der Waals surface area contributed by atoms with Crippen molar-refractivity contribution in [3.8, 4) is 0 Å². The second kappa shape index (κ2) is 8.84. The number of carbonyl (C=O) groups excluding carboxylic acids is 3. The fourth-order valence-electron chi connectivity index (χ4n) is 1.96. The predicted octanol–water partition coefficient (Wildman–Crippen LogP) is 2.60. The molecule has 1 N–H and O–H groups in total. The van der Waals surface area contributed by atoms with Crippen molar-refractivity contribution in [2.75, 3.05) is 13.7 Å². The van der Waals surface area contributed by atoms with Crippen LogP contribution >= 0.6 is 11.6 Å². The Morgan fingerprint density at radius 3 is 2.36 bits per heavy atom. The quantitative estimate of drug-likeness (QED) is 0.800. The second-order valence-electron chi connectivity index (χ2n) is 5.01. The first-order chi connectivity index (χ1) is 12.0. The van der Waals surface area contributed by atoms with Gasteiger partial charge in [-0.1, -0.05) is 35.9 Å². The zero-order valence-electron chi connectivity index (χ0n) is 13.5. The molecule has 0 bridgehead atoms. The maximum absolute atomic E-state index is 11.9. The second-order valence-corrected chi connectivity index (χ2v) is 5.42. The molecule has 0 aliphatic heterocycles. The molecule has 1 amide bonds. The van der Waals surface area contributed by atoms with Gasteiger partial charge in [0.25, 0.3) is 5.91 Å². The van der Waals surface area contributed by atoms with Gasteiger partial charge in [0.1, 0.15) is 13.2 Å². The molecule has 25 heavy (non-hydrogen) atoms. The summed E-state index contributed by atoms with van der Waals surface area (Å²) in [6.07, 6.45) is 0. The fourth-order valence-corrected chi connectivity index (χ4v) is 2.18. The minimum absolute atomic E-state index is 0.0300. The first-order valence-electron chi connectivity index (χ1n) is 7.37. The van der Waals surface area contributed by atoms with E-state index < -0.39 is 17.8 Å². The molecule has 0 spiro atoms. The minimum atomic E-state index is -0.586. The van der Waals surface area contributed by atoms with Crippen molar-refractivity contribution in [1.82, 2.24) is 5.32 Å². The van der Waals surface area contributed by atoms with Gasteiger partial charge < -0.3 is 14.8 Å². The topological polar surface area (TPSA) is 81.7 Å². The van der Waals surface area contributed by atoms with Gasteiger partial charge in [0, 0.05) is 0 Å². The SMILES string of the molecule is COC(=O)c1ccc(COC(=O)CNC(=O)c2ccccc2Cl)cc1. The third-order valence-electron chi connectivity index (χ3n) is 3.29. The predicted molar refractivity (Wildman–Crippen MR) is 91.4 cm³/mol. The van der Waals surface area contributed by atoms with Crippen LogP contribution in [0.15, 0.2) is 48.5 Å². The highest BCUT2D eigenvalue weighted by molar-refractivity contribution is 6.33. The van der Waals surface area contributed by atoms with Crippen molar-refractivity contribution < 1.29 is 23.9 Å². The summed E-state index contributed by atoms with van der Waals surface area (Å²) in [6, 6.07) is 13.0. The monoisotopic (exact) mass is 361 g/mol. The molecule has 6 nitrogen and oxygen atoms in total. The van der Waals surface area contributed by atoms with Crippen LogP contribution in [0.4, 0.5) is 0 Å². The summed E-state index contributed by atoms with van der Waals surface area (Å²) in [7, 11) is 1.30. The molecule has 2 aromatic carbocycles. The molecule has 2 aromatic rings. The molecule has 0 unspecified atom stereocenters. The van der Waals surface area contributed by atoms with Crippen LogP contribution in [0.2, 0.25) is 5.02 Å². The molecule has 0 aliphatic carbocycles. The fraction of sp³-hybridized carbons (Fsp3) is 0.167. The zero-order chi connectivity index (χ0) is 18.2. The Bertz CT molecular complexity index is 773. The maximum atomic E-state index is 11.9. The number of halogens is 1. The third kappa shape index (κ3) is 5.32. The van der Waals surface area contributed by atoms with E-state index in [1.165, 1.54) is 7.11 Å². The van der Waals surface area contributed by atoms with Gasteiger partial charge >= 0.3 is 11.9 Å². The number of amides is 1. The number of esters is 2. The van der Waals surface area contributed by atoms with Crippen LogP contribution in [0.1, 0.15) is 26.3 Å². The van der Waals surface area contributed by atoms with E-state index in [1.807, 2.05) is 0 Å². The Labute approximate surface area is 149 Å². The Hall–Kier alpha value is -2.86. The molecule has 7 heteroatoms. The minimum Gasteiger partial charge on any atom is -0.465 e. The van der Waals surface area contributed by atoms with Gasteiger partial charge in [-0.15, -0.1) is 0 Å². The van der Waals surface area contributed by atoms with E-state index in [-0.39, 0.29) is 18.7 Å². The van der Waals surface area contributed by atoms with Gasteiger partial charge in [-0.25, -0.2) is 4.79 Å². The van der Waals surface area contributed by atoms with E-state index >= 15 is 0 Å². The number of benzene rings is 2. The van der Waals surface area contributed by atoms with Gasteiger partial charge in [-0.2, -0.15) is 0 Å². The third-order valence-corrected chi connectivity index (χ3v) is 3.62. The van der Waals surface area contributed by atoms with Gasteiger partial charge in [0.05, 0.1) is 23.3 Å². The molecular formula is C18H16ClNO5. The molecule has 0 atom stereocenters. The molecule has 0 radical (unpaired) electrons. The van der Waals surface area contributed by atoms with E-state index in [1.54, 1.807) is 48.5 Å². The number of rotatable bonds is 6. The van der Waals surface area contributed by atoms with Crippen LogP contribution in [0.3, 0.4) is 0 Å². The summed E-state index contributed by atoms with van der Waals surface area (Å²) in [6.45, 7) is -0.244. The van der Waals surface area contributed by atoms with E-state index in [0.717, 1.165) is 0 Å². The van der Waals surface area contributed by atoms with Crippen molar-refractivity contribution >= 4 is 29.4 Å². The number of methoxy groups -OCH3 is 1. The highest BCUT2D eigenvalue weighted by Gasteiger charge is 2.12. The van der Waals surface area contributed by atoms with Crippen LogP contribution in [0.5, 0.6) is 0 Å². The summed E-state index contributed by atoms with van der Waals surface area (Å²) in [5, 5.41) is 2.75. The Morgan fingerprint density at radius 2 is 1.72 bits per heavy atom. The molecule has 0 aromatic heterocycles. The number of carbonyl (C=O) groups is 3. The van der Waals surface area contributed by atoms with E-state index in [4.69, 9.17) is 16.3 Å². The highest BCUT2D eigenvalue weighted by atomic mass is 35.5. The maximum Gasteiger partial charge on any atom is 0.337 e. The lowest BCUT2D eigenvalue weighted by Crippen LogP contribution is -2.30. The summed E-state index contributed by atoms with van der Waals surface area (Å²) < 4.78 is 9.67. The molecule has 2 rings (SSSR count). The largest absolute Gasteiger partial charge is 0.465 e. The molecule has 0 saturated carbocycles. The first kappa shape index (κ1) is 18.5. The van der Waals surface area contributed by atoms with Crippen LogP contribution in [-0.4, -0.2) is 31.5 Å². The highest BCUT2D eigenvalue weighted by Crippen LogP contribution is 2.14. The molecule has 0 heterocycles. The van der Waals surface area contributed by atoms with Crippen molar-refractivity contribution in [2.45, 2.75) is 6.61 Å². The lowest BCUT2D eigenvalue weighted by Gasteiger charge is -2.08. The molecule has 0 aliphatic rings. The molecule has 0 saturated heterocycles. The summed E-state index contributed by atoms with van der Waals surface area (Å²) in [4.78, 5) is 35.0. The Morgan fingerprint density at radius 1 is 1.04 bits per heavy atom. The van der Waals surface area contributed by atoms with Crippen LogP contribution in [0.25, 0.3) is 0 Å². The summed E-state index contributed by atoms with van der Waals surface area (Å²) >= 11 is 5.91. The average Bonchev–Trinajstić information content (AvgIpc) is 2.64. The van der Waals surface area contributed by atoms with Crippen LogP contribution in [0, 0.1) is 0 Å². The van der Waals surface area contributed by atoms with Crippen molar-refractivity contribution in [2.24, 2.45) is 0 Å². The summed E-state index contributed by atoms with van der Waals surface area (Å²) in [5.41, 5.74) is 1.40. The van der Waals surface area contributed by atoms with E-state index in [2.05, 4.69) is 10.1 Å². The van der Waals surface area contributed by atoms with Crippen molar-refractivity contribution in [3.63, 3.8) is 0 Å². The van der Waals surface area contributed by atoms with Gasteiger partial charge in [-0.05, 0) is 29.8 Å². The average molecular weight is 362 g/mol. The van der Waals surface area contributed by atoms with Crippen molar-refractivity contribution in [1.29, 1.82) is 0 Å². The lowest BCUT2D eigenvalue weighted by molar-refractivity contribution is -0.143. The van der Waals surface area contributed by atoms with Crippen molar-refractivity contribution in [3.05, 3.63) is 70.2 Å². The summed E-state index contributed by atoms with van der Waals surface area (Å²) in [5.74, 6) is -1.48. The first-order valence-corrected chi connectivity index (χ1v) is 7.74. The number of hydrogen-bond donors (Lipinski definition) is 1. The van der Waals surface area contributed by atoms with Crippen LogP contribution in [-0.2, 0) is 20.9 Å². The smallest absolute Gasteiger partial charge is 0.337 e. The van der Waals surface area contributed by atoms with E-state index in [9.17, 15) is 14.4 Å². The van der Waals surface area contributed by atoms with Gasteiger partial charge in [0.2, 0.25) is 0 Å². The molecular weight excluding hydrogens is 346 g/mol. The van der Waals surface area contributed by atoms with E-state index in [0.29, 0.717) is 16.1 Å². The Kier molecular flexibility index (Phi) is 6.54. The number of hydrogen-bond acceptors (Lipinski definition) is 5. The Balaban J connectivity index is 1.80. The number of ether oxygens (including phenoxy) is 2.